The lowest BCUT2D eigenvalue weighted by atomic mass is 9.82. The van der Waals surface area contributed by atoms with Gasteiger partial charge in [-0.05, 0) is 44.6 Å². The number of nitrogens with two attached hydrogens (primary N) is 1. The molecule has 0 radical (unpaired) electrons. The lowest BCUT2D eigenvalue weighted by Gasteiger charge is -2.30. The van der Waals surface area contributed by atoms with Gasteiger partial charge in [0, 0.05) is 0 Å². The van der Waals surface area contributed by atoms with Crippen LogP contribution in [-0.2, 0) is 9.84 Å². The highest BCUT2D eigenvalue weighted by Crippen LogP contribution is 2.31. The summed E-state index contributed by atoms with van der Waals surface area (Å²) in [5.74, 6) is 0.555. The Balaban J connectivity index is 2.56. The van der Waals surface area contributed by atoms with Gasteiger partial charge >= 0.3 is 0 Å². The number of halogens is 1. The maximum atomic E-state index is 13.3. The topological polar surface area (TPSA) is 60.2 Å². The zero-order valence-electron chi connectivity index (χ0n) is 9.15. The Kier molecular flexibility index (Phi) is 4.52. The van der Waals surface area contributed by atoms with E-state index in [-0.39, 0.29) is 23.3 Å². The molecule has 90 valence electrons. The van der Waals surface area contributed by atoms with Crippen molar-refractivity contribution in [2.75, 3.05) is 18.1 Å². The number of alkyl halides is 1. The van der Waals surface area contributed by atoms with Crippen molar-refractivity contribution in [2.24, 2.45) is 17.6 Å². The van der Waals surface area contributed by atoms with Gasteiger partial charge < -0.3 is 5.73 Å². The number of hydrogen-bond acceptors (Lipinski definition) is 3. The minimum Gasteiger partial charge on any atom is -0.330 e. The molecule has 2 unspecified atom stereocenters. The summed E-state index contributed by atoms with van der Waals surface area (Å²) in [5.41, 5.74) is 5.44. The summed E-state index contributed by atoms with van der Waals surface area (Å²) >= 11 is 0. The summed E-state index contributed by atoms with van der Waals surface area (Å²) < 4.78 is 35.8. The molecule has 0 saturated carbocycles. The van der Waals surface area contributed by atoms with E-state index in [2.05, 4.69) is 0 Å². The van der Waals surface area contributed by atoms with E-state index in [1.807, 2.05) is 0 Å². The quantitative estimate of drug-likeness (QED) is 0.797. The van der Waals surface area contributed by atoms with Gasteiger partial charge in [-0.1, -0.05) is 0 Å². The molecule has 0 amide bonds. The largest absolute Gasteiger partial charge is 0.330 e. The van der Waals surface area contributed by atoms with Crippen molar-refractivity contribution in [3.8, 4) is 0 Å². The van der Waals surface area contributed by atoms with E-state index in [0.29, 0.717) is 25.8 Å². The summed E-state index contributed by atoms with van der Waals surface area (Å²) in [7, 11) is -2.84. The molecule has 0 bridgehead atoms. The highest BCUT2D eigenvalue weighted by molar-refractivity contribution is 7.91. The molecule has 5 heteroatoms. The molecular formula is C10H20FNO2S. The van der Waals surface area contributed by atoms with Gasteiger partial charge in [0.05, 0.1) is 11.5 Å². The predicted molar refractivity (Wildman–Crippen MR) is 59.1 cm³/mol. The highest BCUT2D eigenvalue weighted by Gasteiger charge is 2.31. The molecule has 15 heavy (non-hydrogen) atoms. The third-order valence-electron chi connectivity index (χ3n) is 3.29. The standard InChI is InChI=1S/C10H20FNO2S/c1-8(11)10(2-5-12)9-3-6-15(13,14)7-4-9/h8-10H,2-7,12H2,1H3. The average Bonchev–Trinajstić information content (AvgIpc) is 2.14. The molecule has 1 heterocycles. The van der Waals surface area contributed by atoms with Gasteiger partial charge in [0.1, 0.15) is 16.0 Å². The van der Waals surface area contributed by atoms with Crippen molar-refractivity contribution in [3.63, 3.8) is 0 Å². The molecule has 0 spiro atoms. The van der Waals surface area contributed by atoms with Crippen LogP contribution in [0.1, 0.15) is 26.2 Å². The minimum atomic E-state index is -2.84. The molecule has 1 aliphatic rings. The Labute approximate surface area is 91.1 Å². The first-order valence-corrected chi connectivity index (χ1v) is 7.33. The zero-order valence-corrected chi connectivity index (χ0v) is 9.97. The van der Waals surface area contributed by atoms with Crippen LogP contribution in [0.4, 0.5) is 4.39 Å². The van der Waals surface area contributed by atoms with Crippen LogP contribution in [0, 0.1) is 11.8 Å². The Morgan fingerprint density at radius 2 is 1.93 bits per heavy atom. The van der Waals surface area contributed by atoms with Crippen LogP contribution in [-0.4, -0.2) is 32.6 Å². The molecular weight excluding hydrogens is 217 g/mol. The maximum Gasteiger partial charge on any atom is 0.150 e. The molecule has 0 aromatic heterocycles. The SMILES string of the molecule is CC(F)C(CCN)C1CCS(=O)(=O)CC1. The maximum absolute atomic E-state index is 13.3. The fourth-order valence-electron chi connectivity index (χ4n) is 2.37. The van der Waals surface area contributed by atoms with Crippen molar-refractivity contribution < 1.29 is 12.8 Å². The van der Waals surface area contributed by atoms with Gasteiger partial charge in [-0.15, -0.1) is 0 Å². The normalized spacial score (nSPS) is 26.1. The van der Waals surface area contributed by atoms with Crippen LogP contribution in [0.5, 0.6) is 0 Å². The zero-order chi connectivity index (χ0) is 11.5. The molecule has 1 saturated heterocycles. The first-order chi connectivity index (χ1) is 6.96. The van der Waals surface area contributed by atoms with Gasteiger partial charge in [0.25, 0.3) is 0 Å². The van der Waals surface area contributed by atoms with Crippen LogP contribution in [0.2, 0.25) is 0 Å². The van der Waals surface area contributed by atoms with Crippen molar-refractivity contribution in [1.29, 1.82) is 0 Å². The Hall–Kier alpha value is -0.160. The van der Waals surface area contributed by atoms with Crippen LogP contribution < -0.4 is 5.73 Å². The summed E-state index contributed by atoms with van der Waals surface area (Å²) in [6.07, 6.45) is 0.963. The van der Waals surface area contributed by atoms with Crippen LogP contribution in [0.3, 0.4) is 0 Å². The fourth-order valence-corrected chi connectivity index (χ4v) is 3.90. The van der Waals surface area contributed by atoms with Crippen molar-refractivity contribution in [3.05, 3.63) is 0 Å². The van der Waals surface area contributed by atoms with Gasteiger partial charge in [-0.2, -0.15) is 0 Å². The minimum absolute atomic E-state index is 0.0644. The molecule has 2 atom stereocenters. The molecule has 0 aromatic carbocycles. The molecule has 0 aromatic rings. The highest BCUT2D eigenvalue weighted by atomic mass is 32.2. The van der Waals surface area contributed by atoms with Gasteiger partial charge in [0.2, 0.25) is 0 Å². The lowest BCUT2D eigenvalue weighted by molar-refractivity contribution is 0.161. The lowest BCUT2D eigenvalue weighted by Crippen LogP contribution is -2.33. The molecule has 1 rings (SSSR count). The molecule has 2 N–H and O–H groups in total. The van der Waals surface area contributed by atoms with Crippen LogP contribution in [0.15, 0.2) is 0 Å². The van der Waals surface area contributed by atoms with E-state index in [9.17, 15) is 12.8 Å². The van der Waals surface area contributed by atoms with Crippen LogP contribution in [0.25, 0.3) is 0 Å². The Morgan fingerprint density at radius 3 is 2.33 bits per heavy atom. The number of sulfone groups is 1. The van der Waals surface area contributed by atoms with Crippen molar-refractivity contribution in [2.45, 2.75) is 32.4 Å². The summed E-state index contributed by atoms with van der Waals surface area (Å²) in [5, 5.41) is 0. The molecule has 1 fully saturated rings. The summed E-state index contributed by atoms with van der Waals surface area (Å²) in [4.78, 5) is 0. The van der Waals surface area contributed by atoms with E-state index in [4.69, 9.17) is 5.73 Å². The molecule has 0 aliphatic carbocycles. The predicted octanol–water partition coefficient (Wildman–Crippen LogP) is 1.13. The van der Waals surface area contributed by atoms with Gasteiger partial charge in [0.15, 0.2) is 0 Å². The monoisotopic (exact) mass is 237 g/mol. The Bertz CT molecular complexity index is 276. The van der Waals surface area contributed by atoms with E-state index < -0.39 is 16.0 Å². The van der Waals surface area contributed by atoms with Gasteiger partial charge in [-0.25, -0.2) is 12.8 Å². The second-order valence-electron chi connectivity index (χ2n) is 4.41. The van der Waals surface area contributed by atoms with E-state index in [0.717, 1.165) is 0 Å². The number of hydrogen-bond donors (Lipinski definition) is 1. The van der Waals surface area contributed by atoms with E-state index >= 15 is 0 Å². The second-order valence-corrected chi connectivity index (χ2v) is 6.71. The molecule has 1 aliphatic heterocycles. The van der Waals surface area contributed by atoms with E-state index in [1.165, 1.54) is 0 Å². The summed E-state index contributed by atoms with van der Waals surface area (Å²) in [6, 6.07) is 0. The number of rotatable bonds is 4. The average molecular weight is 237 g/mol. The smallest absolute Gasteiger partial charge is 0.150 e. The fraction of sp³-hybridized carbons (Fsp3) is 1.00. The van der Waals surface area contributed by atoms with Crippen molar-refractivity contribution in [1.82, 2.24) is 0 Å². The van der Waals surface area contributed by atoms with E-state index in [1.54, 1.807) is 6.92 Å². The summed E-state index contributed by atoms with van der Waals surface area (Å²) in [6.45, 7) is 2.02. The first kappa shape index (κ1) is 12.9. The first-order valence-electron chi connectivity index (χ1n) is 5.51. The molecule has 3 nitrogen and oxygen atoms in total. The van der Waals surface area contributed by atoms with Crippen LogP contribution >= 0.6 is 0 Å². The third kappa shape index (κ3) is 3.72. The van der Waals surface area contributed by atoms with Crippen molar-refractivity contribution >= 4 is 9.84 Å². The second kappa shape index (κ2) is 5.25. The third-order valence-corrected chi connectivity index (χ3v) is 5.01. The van der Waals surface area contributed by atoms with Gasteiger partial charge in [-0.3, -0.25) is 0 Å². The Morgan fingerprint density at radius 1 is 1.40 bits per heavy atom.